The van der Waals surface area contributed by atoms with Crippen molar-refractivity contribution in [3.63, 3.8) is 0 Å². The van der Waals surface area contributed by atoms with Crippen LogP contribution < -0.4 is 0 Å². The van der Waals surface area contributed by atoms with Gasteiger partial charge in [0.25, 0.3) is 0 Å². The molecule has 0 N–H and O–H groups in total. The maximum Gasteiger partial charge on any atom is 0.0707 e. The molecule has 1 aromatic carbocycles. The minimum Gasteiger partial charge on any atom is -0.256 e. The van der Waals surface area contributed by atoms with Gasteiger partial charge in [0.2, 0.25) is 0 Å². The highest BCUT2D eigenvalue weighted by Gasteiger charge is 2.06. The van der Waals surface area contributed by atoms with Gasteiger partial charge in [-0.3, -0.25) is 4.98 Å². The van der Waals surface area contributed by atoms with Crippen molar-refractivity contribution in [3.05, 3.63) is 53.2 Å². The predicted octanol–water partition coefficient (Wildman–Crippen LogP) is 3.67. The Morgan fingerprint density at radius 3 is 2.13 bits per heavy atom. The van der Waals surface area contributed by atoms with Crippen LogP contribution in [0.1, 0.15) is 16.7 Å². The molecule has 2 rings (SSSR count). The van der Waals surface area contributed by atoms with Crippen LogP contribution in [0.5, 0.6) is 0 Å². The molecule has 1 heteroatoms. The zero-order chi connectivity index (χ0) is 10.8. The molecule has 0 atom stereocenters. The van der Waals surface area contributed by atoms with E-state index < -0.39 is 0 Å². The van der Waals surface area contributed by atoms with Crippen molar-refractivity contribution in [1.82, 2.24) is 4.98 Å². The first-order chi connectivity index (χ1) is 7.18. The molecule has 0 aliphatic rings. The zero-order valence-electron chi connectivity index (χ0n) is 9.41. The number of rotatable bonds is 1. The molecule has 0 amide bonds. The molecule has 0 aliphatic heterocycles. The van der Waals surface area contributed by atoms with E-state index in [2.05, 4.69) is 44.0 Å². The Morgan fingerprint density at radius 1 is 0.933 bits per heavy atom. The van der Waals surface area contributed by atoms with E-state index in [4.69, 9.17) is 0 Å². The monoisotopic (exact) mass is 197 g/mol. The third kappa shape index (κ3) is 1.91. The van der Waals surface area contributed by atoms with Crippen LogP contribution in [0.3, 0.4) is 0 Å². The van der Waals surface area contributed by atoms with Crippen molar-refractivity contribution in [2.45, 2.75) is 20.8 Å². The van der Waals surface area contributed by atoms with E-state index in [9.17, 15) is 0 Å². The average Bonchev–Trinajstić information content (AvgIpc) is 2.17. The Balaban J connectivity index is 2.64. The number of benzene rings is 1. The molecule has 1 aromatic heterocycles. The highest BCUT2D eigenvalue weighted by atomic mass is 14.7. The summed E-state index contributed by atoms with van der Waals surface area (Å²) in [5, 5.41) is 0. The predicted molar refractivity (Wildman–Crippen MR) is 63.9 cm³/mol. The van der Waals surface area contributed by atoms with Crippen LogP contribution in [-0.4, -0.2) is 4.98 Å². The van der Waals surface area contributed by atoms with Crippen molar-refractivity contribution < 1.29 is 0 Å². The first kappa shape index (κ1) is 9.91. The normalized spacial score (nSPS) is 10.3. The standard InChI is InChI=1S/C14H15N/c1-10-8-11(2)14(12(3)9-10)13-6-4-5-7-15-13/h4-9H,1-3H3. The number of aryl methyl sites for hydroxylation is 3. The Labute approximate surface area is 90.8 Å². The maximum absolute atomic E-state index is 4.40. The van der Waals surface area contributed by atoms with E-state index in [1.54, 1.807) is 0 Å². The summed E-state index contributed by atoms with van der Waals surface area (Å²) in [7, 11) is 0. The van der Waals surface area contributed by atoms with Gasteiger partial charge >= 0.3 is 0 Å². The molecule has 1 heterocycles. The van der Waals surface area contributed by atoms with Gasteiger partial charge in [0.05, 0.1) is 5.69 Å². The number of hydrogen-bond acceptors (Lipinski definition) is 1. The largest absolute Gasteiger partial charge is 0.256 e. The molecular weight excluding hydrogens is 182 g/mol. The highest BCUT2D eigenvalue weighted by molar-refractivity contribution is 5.67. The van der Waals surface area contributed by atoms with Crippen molar-refractivity contribution in [3.8, 4) is 11.3 Å². The molecule has 15 heavy (non-hydrogen) atoms. The van der Waals surface area contributed by atoms with Crippen LogP contribution in [0.25, 0.3) is 11.3 Å². The summed E-state index contributed by atoms with van der Waals surface area (Å²) in [5.41, 5.74) is 6.23. The lowest BCUT2D eigenvalue weighted by atomic mass is 9.97. The van der Waals surface area contributed by atoms with Gasteiger partial charge in [0, 0.05) is 11.8 Å². The first-order valence-electron chi connectivity index (χ1n) is 5.18. The van der Waals surface area contributed by atoms with Crippen molar-refractivity contribution in [1.29, 1.82) is 0 Å². The Morgan fingerprint density at radius 2 is 1.60 bits per heavy atom. The fourth-order valence-electron chi connectivity index (χ4n) is 2.09. The van der Waals surface area contributed by atoms with E-state index >= 15 is 0 Å². The molecule has 0 aliphatic carbocycles. The van der Waals surface area contributed by atoms with Gasteiger partial charge in [-0.15, -0.1) is 0 Å². The lowest BCUT2D eigenvalue weighted by Crippen LogP contribution is -1.91. The van der Waals surface area contributed by atoms with Gasteiger partial charge in [0.15, 0.2) is 0 Å². The summed E-state index contributed by atoms with van der Waals surface area (Å²) in [5.74, 6) is 0. The van der Waals surface area contributed by atoms with Crippen LogP contribution in [0.2, 0.25) is 0 Å². The molecule has 2 aromatic rings. The van der Waals surface area contributed by atoms with Crippen LogP contribution in [0.4, 0.5) is 0 Å². The fourth-order valence-corrected chi connectivity index (χ4v) is 2.09. The molecule has 0 saturated carbocycles. The zero-order valence-corrected chi connectivity index (χ0v) is 9.41. The topological polar surface area (TPSA) is 12.9 Å². The van der Waals surface area contributed by atoms with Gasteiger partial charge in [-0.05, 0) is 44.0 Å². The van der Waals surface area contributed by atoms with Crippen molar-refractivity contribution >= 4 is 0 Å². The Hall–Kier alpha value is -1.63. The molecular formula is C14H15N. The number of aromatic nitrogens is 1. The minimum absolute atomic E-state index is 1.06. The summed E-state index contributed by atoms with van der Waals surface area (Å²) in [6, 6.07) is 10.4. The van der Waals surface area contributed by atoms with Crippen LogP contribution >= 0.6 is 0 Å². The Bertz CT molecular complexity index is 449. The van der Waals surface area contributed by atoms with Gasteiger partial charge < -0.3 is 0 Å². The lowest BCUT2D eigenvalue weighted by molar-refractivity contribution is 1.26. The van der Waals surface area contributed by atoms with Crippen molar-refractivity contribution in [2.75, 3.05) is 0 Å². The van der Waals surface area contributed by atoms with Crippen LogP contribution in [-0.2, 0) is 0 Å². The van der Waals surface area contributed by atoms with E-state index in [0.29, 0.717) is 0 Å². The highest BCUT2D eigenvalue weighted by Crippen LogP contribution is 2.26. The second-order valence-electron chi connectivity index (χ2n) is 3.99. The summed E-state index contributed by atoms with van der Waals surface area (Å²) in [6.07, 6.45) is 1.84. The van der Waals surface area contributed by atoms with Crippen LogP contribution in [0.15, 0.2) is 36.5 Å². The SMILES string of the molecule is Cc1cc(C)c(-c2ccccn2)c(C)c1. The molecule has 76 valence electrons. The summed E-state index contributed by atoms with van der Waals surface area (Å²) in [6.45, 7) is 6.41. The molecule has 0 spiro atoms. The van der Waals surface area contributed by atoms with Gasteiger partial charge in [-0.2, -0.15) is 0 Å². The maximum atomic E-state index is 4.40. The van der Waals surface area contributed by atoms with Gasteiger partial charge in [-0.1, -0.05) is 23.8 Å². The molecule has 1 nitrogen and oxygen atoms in total. The third-order valence-electron chi connectivity index (χ3n) is 2.60. The third-order valence-corrected chi connectivity index (χ3v) is 2.60. The molecule has 0 unspecified atom stereocenters. The van der Waals surface area contributed by atoms with E-state index in [1.165, 1.54) is 22.3 Å². The van der Waals surface area contributed by atoms with Crippen molar-refractivity contribution in [2.24, 2.45) is 0 Å². The van der Waals surface area contributed by atoms with Gasteiger partial charge in [-0.25, -0.2) is 0 Å². The second kappa shape index (κ2) is 3.85. The number of pyridine rings is 1. The molecule has 0 radical (unpaired) electrons. The first-order valence-corrected chi connectivity index (χ1v) is 5.18. The number of hydrogen-bond donors (Lipinski definition) is 0. The van der Waals surface area contributed by atoms with Crippen LogP contribution in [0, 0.1) is 20.8 Å². The van der Waals surface area contributed by atoms with E-state index in [0.717, 1.165) is 5.69 Å². The summed E-state index contributed by atoms with van der Waals surface area (Å²) < 4.78 is 0. The minimum atomic E-state index is 1.06. The quantitative estimate of drug-likeness (QED) is 0.679. The molecule has 0 bridgehead atoms. The number of nitrogens with zero attached hydrogens (tertiary/aromatic N) is 1. The van der Waals surface area contributed by atoms with Gasteiger partial charge in [0.1, 0.15) is 0 Å². The average molecular weight is 197 g/mol. The second-order valence-corrected chi connectivity index (χ2v) is 3.99. The molecule has 0 fully saturated rings. The summed E-state index contributed by atoms with van der Waals surface area (Å²) in [4.78, 5) is 4.40. The Kier molecular flexibility index (Phi) is 2.55. The summed E-state index contributed by atoms with van der Waals surface area (Å²) >= 11 is 0. The van der Waals surface area contributed by atoms with E-state index in [1.807, 2.05) is 18.3 Å². The van der Waals surface area contributed by atoms with E-state index in [-0.39, 0.29) is 0 Å². The molecule has 0 saturated heterocycles. The fraction of sp³-hybridized carbons (Fsp3) is 0.214. The lowest BCUT2D eigenvalue weighted by Gasteiger charge is -2.10. The smallest absolute Gasteiger partial charge is 0.0707 e.